The second-order valence-corrected chi connectivity index (χ2v) is 16.0. The minimum Gasteiger partial charge on any atom is -0.456 e. The maximum Gasteiger partial charge on any atom is 0.135 e. The molecule has 242 valence electrons. The van der Waals surface area contributed by atoms with Crippen LogP contribution in [0.2, 0.25) is 0 Å². The van der Waals surface area contributed by atoms with Gasteiger partial charge in [0.25, 0.3) is 0 Å². The van der Waals surface area contributed by atoms with Crippen LogP contribution in [0.4, 0.5) is 17.1 Å². The monoisotopic (exact) mass is 653 g/mol. The molecule has 4 fully saturated rings. The van der Waals surface area contributed by atoms with Crippen molar-refractivity contribution in [1.82, 2.24) is 0 Å². The zero-order chi connectivity index (χ0) is 33.1. The Bertz CT molecular complexity index is 2760. The molecular weight excluding hydrogens is 619 g/mol. The Morgan fingerprint density at radius 3 is 2.04 bits per heavy atom. The van der Waals surface area contributed by atoms with Crippen molar-refractivity contribution in [2.24, 2.45) is 29.1 Å². The lowest BCUT2D eigenvalue weighted by molar-refractivity contribution is -0.412. The summed E-state index contributed by atoms with van der Waals surface area (Å²) in [4.78, 5) is 2.41. The van der Waals surface area contributed by atoms with Gasteiger partial charge in [-0.25, -0.2) is 0 Å². The van der Waals surface area contributed by atoms with Gasteiger partial charge >= 0.3 is 0 Å². The van der Waals surface area contributed by atoms with Crippen LogP contribution >= 0.6 is 0 Å². The van der Waals surface area contributed by atoms with Crippen molar-refractivity contribution in [3.8, 4) is 22.3 Å². The molecule has 0 N–H and O–H groups in total. The van der Waals surface area contributed by atoms with Gasteiger partial charge in [-0.3, -0.25) is 0 Å². The minimum absolute atomic E-state index is 0.233. The van der Waals surface area contributed by atoms with Crippen LogP contribution in [-0.2, 0) is 5.41 Å². The minimum atomic E-state index is 0.233. The first-order valence-corrected chi connectivity index (χ1v) is 18.8. The maximum absolute atomic E-state index is 6.23. The fourth-order valence-electron chi connectivity index (χ4n) is 12.6. The smallest absolute Gasteiger partial charge is 0.135 e. The van der Waals surface area contributed by atoms with E-state index < -0.39 is 0 Å². The van der Waals surface area contributed by atoms with Gasteiger partial charge in [-0.05, 0) is 136 Å². The van der Waals surface area contributed by atoms with Gasteiger partial charge < -0.3 is 9.32 Å². The molecule has 4 unspecified atom stereocenters. The summed E-state index contributed by atoms with van der Waals surface area (Å²) < 4.78 is 6.23. The summed E-state index contributed by atoms with van der Waals surface area (Å²) in [7, 11) is 0. The van der Waals surface area contributed by atoms with Crippen LogP contribution in [0.1, 0.15) is 30.4 Å². The first-order chi connectivity index (χ1) is 25.2. The average molecular weight is 654 g/mol. The summed E-state index contributed by atoms with van der Waals surface area (Å²) >= 11 is 0. The highest BCUT2D eigenvalue weighted by Gasteiger charge is 2.90. The highest BCUT2D eigenvalue weighted by Crippen LogP contribution is 2.94. The summed E-state index contributed by atoms with van der Waals surface area (Å²) in [5.41, 5.74) is 15.0. The predicted molar refractivity (Wildman–Crippen MR) is 208 cm³/mol. The molecule has 7 aromatic carbocycles. The van der Waals surface area contributed by atoms with Gasteiger partial charge in [0.05, 0.1) is 5.69 Å². The standard InChI is InChI=1S/C49H35NO/c1-2-10-36-30(8-1)9-7-14-43(36)50(35-21-23-45-40(28-35)39-12-4-6-15-44(39)51-45)34-19-16-29(17-20-34)31-18-22-38-37-11-3-5-13-41(37)49(42(38)24-31)46-26-32-25-33-27-47(49)48(32,33)46/h1-24,28,32-33,46-47H,25-27H2. The predicted octanol–water partition coefficient (Wildman–Crippen LogP) is 12.8. The molecule has 1 heterocycles. The van der Waals surface area contributed by atoms with Crippen molar-refractivity contribution in [2.75, 3.05) is 4.90 Å². The van der Waals surface area contributed by atoms with Crippen molar-refractivity contribution >= 4 is 49.8 Å². The molecule has 5 aliphatic carbocycles. The van der Waals surface area contributed by atoms with E-state index in [2.05, 4.69) is 150 Å². The molecule has 0 amide bonds. The highest BCUT2D eigenvalue weighted by molar-refractivity contribution is 6.07. The van der Waals surface area contributed by atoms with Gasteiger partial charge in [0.2, 0.25) is 0 Å². The molecule has 2 heteroatoms. The van der Waals surface area contributed by atoms with Crippen LogP contribution in [-0.4, -0.2) is 0 Å². The number of furan rings is 1. The van der Waals surface area contributed by atoms with Crippen LogP contribution in [0, 0.1) is 29.1 Å². The Balaban J connectivity index is 0.943. The fourth-order valence-corrected chi connectivity index (χ4v) is 12.6. The molecule has 51 heavy (non-hydrogen) atoms. The van der Waals surface area contributed by atoms with Crippen LogP contribution < -0.4 is 4.90 Å². The van der Waals surface area contributed by atoms with Crippen molar-refractivity contribution < 1.29 is 4.42 Å². The first-order valence-electron chi connectivity index (χ1n) is 18.8. The third kappa shape index (κ3) is 3.06. The number of para-hydroxylation sites is 1. The zero-order valence-corrected chi connectivity index (χ0v) is 28.2. The largest absolute Gasteiger partial charge is 0.456 e. The number of hydrogen-bond donors (Lipinski definition) is 0. The number of fused-ring (bicyclic) bond motifs is 11. The molecule has 8 aromatic rings. The molecule has 2 spiro atoms. The first kappa shape index (κ1) is 27.2. The molecule has 0 radical (unpaired) electrons. The van der Waals surface area contributed by atoms with Crippen LogP contribution in [0.25, 0.3) is 55.0 Å². The van der Waals surface area contributed by atoms with Gasteiger partial charge in [0.1, 0.15) is 11.2 Å². The molecular formula is C49H35NO. The second kappa shape index (κ2) is 9.19. The Morgan fingerprint density at radius 2 is 1.18 bits per heavy atom. The van der Waals surface area contributed by atoms with E-state index in [1.54, 1.807) is 11.1 Å². The normalized spacial score (nSPS) is 27.1. The molecule has 0 saturated heterocycles. The Hall–Kier alpha value is -5.60. The second-order valence-electron chi connectivity index (χ2n) is 16.0. The van der Waals surface area contributed by atoms with Crippen molar-refractivity contribution in [2.45, 2.75) is 24.7 Å². The lowest BCUT2D eigenvalue weighted by Gasteiger charge is -2.92. The summed E-state index contributed by atoms with van der Waals surface area (Å²) in [6.07, 6.45) is 4.38. The van der Waals surface area contributed by atoms with Gasteiger partial charge in [0.15, 0.2) is 0 Å². The molecule has 0 aliphatic heterocycles. The molecule has 2 nitrogen and oxygen atoms in total. The van der Waals surface area contributed by atoms with Crippen molar-refractivity contribution in [1.29, 1.82) is 0 Å². The van der Waals surface area contributed by atoms with Gasteiger partial charge in [-0.1, -0.05) is 103 Å². The maximum atomic E-state index is 6.23. The SMILES string of the molecule is c1ccc2c(c1)-c1ccc(-c3ccc(N(c4ccc5oc6ccccc6c5c4)c4cccc5ccccc45)cc3)cc1C21C2CC3CC4CC1C342. The van der Waals surface area contributed by atoms with E-state index in [0.29, 0.717) is 5.41 Å². The highest BCUT2D eigenvalue weighted by atomic mass is 16.3. The molecule has 1 aromatic heterocycles. The Labute approximate surface area is 297 Å². The lowest BCUT2D eigenvalue weighted by Crippen LogP contribution is -2.88. The number of hydrogen-bond acceptors (Lipinski definition) is 2. The van der Waals surface area contributed by atoms with E-state index in [4.69, 9.17) is 4.42 Å². The average Bonchev–Trinajstić information content (AvgIpc) is 3.67. The molecule has 13 rings (SSSR count). The van der Waals surface area contributed by atoms with E-state index >= 15 is 0 Å². The van der Waals surface area contributed by atoms with E-state index in [9.17, 15) is 0 Å². The summed E-state index contributed by atoms with van der Waals surface area (Å²) in [6, 6.07) is 56.4. The molecule has 4 atom stereocenters. The lowest BCUT2D eigenvalue weighted by atomic mass is 9.11. The van der Waals surface area contributed by atoms with E-state index in [1.165, 1.54) is 52.3 Å². The molecule has 5 aliphatic rings. The Morgan fingerprint density at radius 1 is 0.490 bits per heavy atom. The third-order valence-corrected chi connectivity index (χ3v) is 14.5. The number of nitrogens with zero attached hydrogens (tertiary/aromatic N) is 1. The summed E-state index contributed by atoms with van der Waals surface area (Å²) in [5.74, 6) is 3.71. The summed E-state index contributed by atoms with van der Waals surface area (Å²) in [5, 5.41) is 4.73. The van der Waals surface area contributed by atoms with Crippen LogP contribution in [0.5, 0.6) is 0 Å². The van der Waals surface area contributed by atoms with E-state index in [1.807, 2.05) is 6.07 Å². The van der Waals surface area contributed by atoms with E-state index in [0.717, 1.165) is 62.7 Å². The van der Waals surface area contributed by atoms with Crippen LogP contribution in [0.3, 0.4) is 0 Å². The topological polar surface area (TPSA) is 16.4 Å². The number of anilines is 3. The van der Waals surface area contributed by atoms with Crippen molar-refractivity contribution in [3.05, 3.63) is 163 Å². The van der Waals surface area contributed by atoms with Gasteiger partial charge in [-0.2, -0.15) is 0 Å². The summed E-state index contributed by atoms with van der Waals surface area (Å²) in [6.45, 7) is 0. The molecule has 4 saturated carbocycles. The third-order valence-electron chi connectivity index (χ3n) is 14.5. The number of benzene rings is 7. The van der Waals surface area contributed by atoms with E-state index in [-0.39, 0.29) is 5.41 Å². The van der Waals surface area contributed by atoms with Gasteiger partial charge in [0, 0.05) is 32.9 Å². The van der Waals surface area contributed by atoms with Crippen LogP contribution in [0.15, 0.2) is 156 Å². The Kier molecular flexibility index (Phi) is 4.89. The van der Waals surface area contributed by atoms with Gasteiger partial charge in [-0.15, -0.1) is 0 Å². The zero-order valence-electron chi connectivity index (χ0n) is 28.2. The quantitative estimate of drug-likeness (QED) is 0.188. The van der Waals surface area contributed by atoms with Crippen molar-refractivity contribution in [3.63, 3.8) is 0 Å². The fraction of sp³-hybridized carbons (Fsp3) is 0.184. The number of rotatable bonds is 4. The molecule has 0 bridgehead atoms.